The molecule has 10 nitrogen and oxygen atoms in total. The summed E-state index contributed by atoms with van der Waals surface area (Å²) in [5, 5.41) is 12.8. The van der Waals surface area contributed by atoms with Gasteiger partial charge in [0, 0.05) is 49.7 Å². The van der Waals surface area contributed by atoms with Crippen molar-refractivity contribution in [3.8, 4) is 0 Å². The van der Waals surface area contributed by atoms with Crippen molar-refractivity contribution >= 4 is 22.8 Å². The number of anilines is 1. The Morgan fingerprint density at radius 3 is 1.62 bits per heavy atom. The first-order valence-electron chi connectivity index (χ1n) is 14.2. The lowest BCUT2D eigenvalue weighted by atomic mass is 9.80. The van der Waals surface area contributed by atoms with Gasteiger partial charge in [-0.3, -0.25) is 4.79 Å². The van der Waals surface area contributed by atoms with Gasteiger partial charge in [0.1, 0.15) is 14.1 Å². The van der Waals surface area contributed by atoms with Gasteiger partial charge in [0.2, 0.25) is 0 Å². The fourth-order valence-corrected chi connectivity index (χ4v) is 4.18. The number of nitrogens with zero attached hydrogens (tertiary/aromatic N) is 2. The quantitative estimate of drug-likeness (QED) is 0.129. The first kappa shape index (κ1) is 33.4. The lowest BCUT2D eigenvalue weighted by molar-refractivity contribution is -0.462. The third-order valence-electron chi connectivity index (χ3n) is 6.67. The number of benzene rings is 1. The Bertz CT molecular complexity index is 1150. The van der Waals surface area contributed by atoms with Crippen molar-refractivity contribution in [1.82, 2.24) is 0 Å². The van der Waals surface area contributed by atoms with Gasteiger partial charge in [-0.15, -0.1) is 0 Å². The zero-order chi connectivity index (χ0) is 30.2. The monoisotopic (exact) mass is 584 g/mol. The third-order valence-corrected chi connectivity index (χ3v) is 6.67. The van der Waals surface area contributed by atoms with Crippen LogP contribution in [-0.4, -0.2) is 124 Å². The Morgan fingerprint density at radius 2 is 1.17 bits per heavy atom. The molecule has 42 heavy (non-hydrogen) atoms. The molecule has 0 N–H and O–H groups in total. The maximum Gasteiger partial charge on any atom is 0.199 e. The Kier molecular flexibility index (Phi) is 14.6. The van der Waals surface area contributed by atoms with Gasteiger partial charge in [0.05, 0.1) is 72.7 Å². The average molecular weight is 585 g/mol. The molecule has 0 radical (unpaired) electrons. The van der Waals surface area contributed by atoms with E-state index in [1.54, 1.807) is 7.11 Å². The molecule has 0 aliphatic heterocycles. The highest BCUT2D eigenvalue weighted by Crippen LogP contribution is 2.37. The smallest absolute Gasteiger partial charge is 0.199 e. The predicted octanol–water partition coefficient (Wildman–Crippen LogP) is 1.64. The van der Waals surface area contributed by atoms with Crippen LogP contribution in [-0.2, 0) is 33.2 Å². The average Bonchev–Trinajstić information content (AvgIpc) is 2.99. The molecule has 0 unspecified atom stereocenters. The number of hydrogen-bond acceptors (Lipinski definition) is 9. The number of ketones is 1. The molecule has 0 saturated heterocycles. The van der Waals surface area contributed by atoms with Crippen LogP contribution in [0.1, 0.15) is 5.56 Å². The van der Waals surface area contributed by atoms with Crippen molar-refractivity contribution in [2.24, 2.45) is 0 Å². The van der Waals surface area contributed by atoms with E-state index in [1.807, 2.05) is 74.3 Å². The molecule has 0 amide bonds. The van der Waals surface area contributed by atoms with Crippen LogP contribution in [0, 0.1) is 0 Å². The number of carbonyl (C=O) groups excluding carboxylic acids is 1. The van der Waals surface area contributed by atoms with Crippen LogP contribution >= 0.6 is 0 Å². The molecule has 0 spiro atoms. The second kappa shape index (κ2) is 18.4. The molecule has 0 heterocycles. The largest absolute Gasteiger partial charge is 0.871 e. The normalized spacial score (nSPS) is 14.7. The number of Topliss-reactive ketones (excluding diaryl/α,β-unsaturated/α-hetero) is 1. The maximum absolute atomic E-state index is 12.8. The Morgan fingerprint density at radius 1 is 0.690 bits per heavy atom. The summed E-state index contributed by atoms with van der Waals surface area (Å²) in [6, 6.07) is 7.48. The summed E-state index contributed by atoms with van der Waals surface area (Å²) in [5.41, 5.74) is 3.79. The maximum atomic E-state index is 12.8. The van der Waals surface area contributed by atoms with Gasteiger partial charge >= 0.3 is 0 Å². The van der Waals surface area contributed by atoms with E-state index >= 15 is 0 Å². The highest BCUT2D eigenvalue weighted by Gasteiger charge is 2.30. The number of allylic oxidation sites excluding steroid dienone is 7. The molecular weight excluding hydrogens is 540 g/mol. The first-order chi connectivity index (χ1) is 20.4. The molecular formula is C32H44N2O8. The second-order valence-electron chi connectivity index (χ2n) is 9.87. The van der Waals surface area contributed by atoms with Crippen LogP contribution in [0.2, 0.25) is 0 Å². The molecule has 1 aromatic carbocycles. The number of hydrogen-bond donors (Lipinski definition) is 0. The van der Waals surface area contributed by atoms with Crippen LogP contribution in [0.4, 0.5) is 5.69 Å². The molecule has 2 aliphatic carbocycles. The minimum absolute atomic E-state index is 0.203. The van der Waals surface area contributed by atoms with Crippen molar-refractivity contribution in [2.45, 2.75) is 0 Å². The topological polar surface area (TPSA) is 102 Å². The van der Waals surface area contributed by atoms with Gasteiger partial charge in [-0.1, -0.05) is 17.9 Å². The lowest BCUT2D eigenvalue weighted by Gasteiger charge is -2.32. The fraction of sp³-hybridized carbons (Fsp3) is 0.500. The van der Waals surface area contributed by atoms with E-state index in [4.69, 9.17) is 28.4 Å². The standard InChI is InChI=1S/C32H44N2O8/c1-33(2)27-9-5-25(6-10-27)29-31(35)30(32(29)36)26-7-11-28(12-8-26)34(3)13-14-38-17-18-40-21-22-42-24-23-41-20-19-39-16-15-37-4/h5-12H,13-24H2,1-4H3. The summed E-state index contributed by atoms with van der Waals surface area (Å²) in [5.74, 6) is -0.407. The third kappa shape index (κ3) is 10.3. The summed E-state index contributed by atoms with van der Waals surface area (Å²) >= 11 is 0. The van der Waals surface area contributed by atoms with Crippen LogP contribution < -0.4 is 10.0 Å². The number of carbonyl (C=O) groups is 1. The van der Waals surface area contributed by atoms with Crippen LogP contribution in [0.3, 0.4) is 0 Å². The van der Waals surface area contributed by atoms with Gasteiger partial charge in [-0.25, -0.2) is 4.58 Å². The summed E-state index contributed by atoms with van der Waals surface area (Å²) in [6.45, 7) is 6.52. The number of ether oxygens (including phenoxy) is 6. The molecule has 3 rings (SSSR count). The highest BCUT2D eigenvalue weighted by atomic mass is 16.6. The zero-order valence-corrected chi connectivity index (χ0v) is 25.3. The van der Waals surface area contributed by atoms with Crippen molar-refractivity contribution in [1.29, 1.82) is 0 Å². The van der Waals surface area contributed by atoms with E-state index in [-0.39, 0.29) is 22.7 Å². The molecule has 1 aromatic rings. The summed E-state index contributed by atoms with van der Waals surface area (Å²) < 4.78 is 34.3. The van der Waals surface area contributed by atoms with Gasteiger partial charge < -0.3 is 38.4 Å². The van der Waals surface area contributed by atoms with E-state index in [0.29, 0.717) is 90.4 Å². The van der Waals surface area contributed by atoms with E-state index in [2.05, 4.69) is 4.90 Å². The van der Waals surface area contributed by atoms with Crippen molar-refractivity contribution < 1.29 is 42.9 Å². The number of likely N-dealkylation sites (N-methyl/N-ethyl adjacent to an activating group) is 1. The Hall–Kier alpha value is -3.12. The number of methoxy groups -OCH3 is 1. The summed E-state index contributed by atoms with van der Waals surface area (Å²) in [7, 11) is 7.51. The van der Waals surface area contributed by atoms with Crippen LogP contribution in [0.25, 0.3) is 5.57 Å². The SMILES string of the molecule is COCCOCCOCCOCCOCCOCCN(C)c1ccc(C2=C([O-])C(=C3C=CC(=[N+](C)C)C=C3)C2=O)cc1. The van der Waals surface area contributed by atoms with Crippen LogP contribution in [0.5, 0.6) is 0 Å². The van der Waals surface area contributed by atoms with E-state index < -0.39 is 0 Å². The van der Waals surface area contributed by atoms with Gasteiger partial charge in [-0.05, 0) is 35.4 Å². The molecule has 0 bridgehead atoms. The minimum atomic E-state index is -0.203. The van der Waals surface area contributed by atoms with E-state index in [0.717, 1.165) is 11.4 Å². The zero-order valence-electron chi connectivity index (χ0n) is 25.3. The highest BCUT2D eigenvalue weighted by molar-refractivity contribution is 6.39. The van der Waals surface area contributed by atoms with E-state index in [1.165, 1.54) is 0 Å². The molecule has 230 valence electrons. The summed E-state index contributed by atoms with van der Waals surface area (Å²) in [6.07, 6.45) is 7.45. The number of rotatable bonds is 20. The van der Waals surface area contributed by atoms with Crippen LogP contribution in [0.15, 0.2) is 65.5 Å². The summed E-state index contributed by atoms with van der Waals surface area (Å²) in [4.78, 5) is 14.9. The predicted molar refractivity (Wildman–Crippen MR) is 160 cm³/mol. The van der Waals surface area contributed by atoms with Crippen molar-refractivity contribution in [2.75, 3.05) is 112 Å². The van der Waals surface area contributed by atoms with Crippen molar-refractivity contribution in [3.63, 3.8) is 0 Å². The lowest BCUT2D eigenvalue weighted by Crippen LogP contribution is -2.30. The second-order valence-corrected chi connectivity index (χ2v) is 9.87. The molecule has 2 aliphatic rings. The molecule has 10 heteroatoms. The Balaban J connectivity index is 1.26. The molecule has 0 aromatic heterocycles. The van der Waals surface area contributed by atoms with E-state index in [9.17, 15) is 9.90 Å². The minimum Gasteiger partial charge on any atom is -0.871 e. The first-order valence-corrected chi connectivity index (χ1v) is 14.2. The van der Waals surface area contributed by atoms with Crippen molar-refractivity contribution in [3.05, 3.63) is 71.0 Å². The molecule has 0 atom stereocenters. The fourth-order valence-electron chi connectivity index (χ4n) is 4.18. The van der Waals surface area contributed by atoms with Gasteiger partial charge in [0.25, 0.3) is 0 Å². The van der Waals surface area contributed by atoms with Gasteiger partial charge in [-0.2, -0.15) is 0 Å². The molecule has 0 fully saturated rings. The molecule has 0 saturated carbocycles. The Labute approximate surface area is 249 Å². The van der Waals surface area contributed by atoms with Gasteiger partial charge in [0.15, 0.2) is 11.5 Å².